The van der Waals surface area contributed by atoms with Crippen molar-refractivity contribution in [1.82, 2.24) is 19.9 Å². The standard InChI is InChI=1S/C19H26N4O4/c1-14(2)11-22-8-9-26-16(12-22)10-20-17(24)13-23-18(21-27-19(23)25)15-6-4-3-5-7-15/h3-7,14,16H,8-13H2,1-2H3,(H,20,24). The lowest BCUT2D eigenvalue weighted by atomic mass is 10.2. The van der Waals surface area contributed by atoms with E-state index in [1.165, 1.54) is 4.57 Å². The topological polar surface area (TPSA) is 89.6 Å². The zero-order chi connectivity index (χ0) is 19.2. The molecular formula is C19H26N4O4. The predicted molar refractivity (Wildman–Crippen MR) is 100 cm³/mol. The molecule has 1 unspecified atom stereocenters. The van der Waals surface area contributed by atoms with Crippen LogP contribution < -0.4 is 11.1 Å². The zero-order valence-electron chi connectivity index (χ0n) is 15.8. The number of amides is 1. The molecule has 0 radical (unpaired) electrons. The molecule has 1 aliphatic rings. The van der Waals surface area contributed by atoms with Crippen LogP contribution in [0.2, 0.25) is 0 Å². The molecule has 1 saturated heterocycles. The SMILES string of the molecule is CC(C)CN1CCOC(CNC(=O)Cn2c(-c3ccccc3)noc2=O)C1. The number of carbonyl (C=O) groups excluding carboxylic acids is 1. The lowest BCUT2D eigenvalue weighted by Gasteiger charge is -2.33. The molecule has 1 amide bonds. The van der Waals surface area contributed by atoms with Gasteiger partial charge in [0.25, 0.3) is 0 Å². The molecule has 1 fully saturated rings. The fourth-order valence-corrected chi connectivity index (χ4v) is 3.22. The van der Waals surface area contributed by atoms with Gasteiger partial charge in [-0.1, -0.05) is 49.3 Å². The Balaban J connectivity index is 1.56. The third-order valence-electron chi connectivity index (χ3n) is 4.39. The summed E-state index contributed by atoms with van der Waals surface area (Å²) in [5.41, 5.74) is 0.719. The van der Waals surface area contributed by atoms with Crippen LogP contribution in [0.5, 0.6) is 0 Å². The van der Waals surface area contributed by atoms with Gasteiger partial charge in [-0.15, -0.1) is 0 Å². The maximum Gasteiger partial charge on any atom is 0.442 e. The summed E-state index contributed by atoms with van der Waals surface area (Å²) in [4.78, 5) is 26.6. The lowest BCUT2D eigenvalue weighted by molar-refractivity contribution is -0.123. The molecule has 1 N–H and O–H groups in total. The normalized spacial score (nSPS) is 18.0. The highest BCUT2D eigenvalue weighted by molar-refractivity contribution is 5.76. The van der Waals surface area contributed by atoms with E-state index >= 15 is 0 Å². The Morgan fingerprint density at radius 2 is 2.11 bits per heavy atom. The van der Waals surface area contributed by atoms with Gasteiger partial charge < -0.3 is 10.1 Å². The van der Waals surface area contributed by atoms with Gasteiger partial charge in [0.05, 0.1) is 12.7 Å². The predicted octanol–water partition coefficient (Wildman–Crippen LogP) is 0.976. The average molecular weight is 374 g/mol. The van der Waals surface area contributed by atoms with E-state index in [2.05, 4.69) is 29.2 Å². The van der Waals surface area contributed by atoms with E-state index in [0.717, 1.165) is 25.2 Å². The van der Waals surface area contributed by atoms with Crippen molar-refractivity contribution in [1.29, 1.82) is 0 Å². The molecule has 1 aliphatic heterocycles. The minimum absolute atomic E-state index is 0.0470. The van der Waals surface area contributed by atoms with Crippen molar-refractivity contribution in [2.45, 2.75) is 26.5 Å². The Morgan fingerprint density at radius 1 is 1.33 bits per heavy atom. The second-order valence-corrected chi connectivity index (χ2v) is 7.17. The van der Waals surface area contributed by atoms with Gasteiger partial charge in [0.1, 0.15) is 6.54 Å². The second kappa shape index (κ2) is 8.96. The number of nitrogens with one attached hydrogen (secondary N) is 1. The number of benzene rings is 1. The van der Waals surface area contributed by atoms with Crippen LogP contribution in [0.3, 0.4) is 0 Å². The number of hydrogen-bond donors (Lipinski definition) is 1. The first-order chi connectivity index (χ1) is 13.0. The van der Waals surface area contributed by atoms with Gasteiger partial charge in [0.15, 0.2) is 5.82 Å². The van der Waals surface area contributed by atoms with E-state index in [1.54, 1.807) is 0 Å². The summed E-state index contributed by atoms with van der Waals surface area (Å²) in [6.07, 6.45) is -0.0470. The molecular weight excluding hydrogens is 348 g/mol. The minimum atomic E-state index is -0.652. The Kier molecular flexibility index (Phi) is 6.41. The maximum atomic E-state index is 12.3. The van der Waals surface area contributed by atoms with E-state index in [-0.39, 0.29) is 18.6 Å². The second-order valence-electron chi connectivity index (χ2n) is 7.17. The molecule has 0 bridgehead atoms. The molecule has 0 saturated carbocycles. The quantitative estimate of drug-likeness (QED) is 0.777. The summed E-state index contributed by atoms with van der Waals surface area (Å²) in [6, 6.07) is 9.16. The zero-order valence-corrected chi connectivity index (χ0v) is 15.8. The van der Waals surface area contributed by atoms with Gasteiger partial charge >= 0.3 is 5.76 Å². The number of rotatable bonds is 7. The third kappa shape index (κ3) is 5.27. The number of aromatic nitrogens is 2. The Morgan fingerprint density at radius 3 is 2.85 bits per heavy atom. The molecule has 27 heavy (non-hydrogen) atoms. The monoisotopic (exact) mass is 374 g/mol. The van der Waals surface area contributed by atoms with Crippen molar-refractivity contribution in [3.05, 3.63) is 40.9 Å². The van der Waals surface area contributed by atoms with Crippen LogP contribution in [0.1, 0.15) is 13.8 Å². The summed E-state index contributed by atoms with van der Waals surface area (Å²) in [6.45, 7) is 8.03. The van der Waals surface area contributed by atoms with Crippen LogP contribution >= 0.6 is 0 Å². The highest BCUT2D eigenvalue weighted by Gasteiger charge is 2.22. The first-order valence-electron chi connectivity index (χ1n) is 9.25. The van der Waals surface area contributed by atoms with Gasteiger partial charge in [-0.2, -0.15) is 0 Å². The smallest absolute Gasteiger partial charge is 0.374 e. The van der Waals surface area contributed by atoms with Gasteiger partial charge in [-0.05, 0) is 5.92 Å². The van der Waals surface area contributed by atoms with Crippen LogP contribution in [0.4, 0.5) is 0 Å². The largest absolute Gasteiger partial charge is 0.442 e. The molecule has 8 heteroatoms. The van der Waals surface area contributed by atoms with Crippen molar-refractivity contribution >= 4 is 5.91 Å². The average Bonchev–Trinajstić information content (AvgIpc) is 3.01. The summed E-state index contributed by atoms with van der Waals surface area (Å²) in [7, 11) is 0. The van der Waals surface area contributed by atoms with Crippen molar-refractivity contribution in [2.75, 3.05) is 32.8 Å². The van der Waals surface area contributed by atoms with Crippen LogP contribution in [0.15, 0.2) is 39.6 Å². The first-order valence-corrected chi connectivity index (χ1v) is 9.25. The minimum Gasteiger partial charge on any atom is -0.374 e. The highest BCUT2D eigenvalue weighted by Crippen LogP contribution is 2.14. The fourth-order valence-electron chi connectivity index (χ4n) is 3.22. The van der Waals surface area contributed by atoms with Crippen LogP contribution in [0.25, 0.3) is 11.4 Å². The first kappa shape index (κ1) is 19.3. The molecule has 2 aromatic rings. The van der Waals surface area contributed by atoms with Gasteiger partial charge in [-0.3, -0.25) is 14.2 Å². The number of morpholine rings is 1. The summed E-state index contributed by atoms with van der Waals surface area (Å²) >= 11 is 0. The van der Waals surface area contributed by atoms with Gasteiger partial charge in [0, 0.05) is 31.7 Å². The van der Waals surface area contributed by atoms with Crippen molar-refractivity contribution in [3.8, 4) is 11.4 Å². The van der Waals surface area contributed by atoms with E-state index in [0.29, 0.717) is 24.9 Å². The fraction of sp³-hybridized carbons (Fsp3) is 0.526. The molecule has 0 aliphatic carbocycles. The van der Waals surface area contributed by atoms with E-state index < -0.39 is 5.76 Å². The summed E-state index contributed by atoms with van der Waals surface area (Å²) in [5, 5.41) is 6.64. The number of hydrogen-bond acceptors (Lipinski definition) is 6. The van der Waals surface area contributed by atoms with Crippen molar-refractivity contribution in [2.24, 2.45) is 5.92 Å². The van der Waals surface area contributed by atoms with Crippen LogP contribution in [0, 0.1) is 5.92 Å². The lowest BCUT2D eigenvalue weighted by Crippen LogP contribution is -2.48. The molecule has 1 atom stereocenters. The number of carbonyl (C=O) groups is 1. The molecule has 0 spiro atoms. The maximum absolute atomic E-state index is 12.3. The molecule has 8 nitrogen and oxygen atoms in total. The van der Waals surface area contributed by atoms with E-state index in [1.807, 2.05) is 30.3 Å². The highest BCUT2D eigenvalue weighted by atomic mass is 16.5. The van der Waals surface area contributed by atoms with E-state index in [9.17, 15) is 9.59 Å². The number of ether oxygens (including phenoxy) is 1. The Labute approximate surface area is 158 Å². The van der Waals surface area contributed by atoms with Crippen LogP contribution in [-0.4, -0.2) is 59.4 Å². The van der Waals surface area contributed by atoms with Crippen molar-refractivity contribution < 1.29 is 14.1 Å². The molecule has 1 aromatic carbocycles. The molecule has 146 valence electrons. The van der Waals surface area contributed by atoms with Crippen molar-refractivity contribution in [3.63, 3.8) is 0 Å². The third-order valence-corrected chi connectivity index (χ3v) is 4.39. The van der Waals surface area contributed by atoms with E-state index in [4.69, 9.17) is 9.26 Å². The Hall–Kier alpha value is -2.45. The summed E-state index contributed by atoms with van der Waals surface area (Å²) < 4.78 is 11.7. The molecule has 3 rings (SSSR count). The molecule has 1 aromatic heterocycles. The van der Waals surface area contributed by atoms with Gasteiger partial charge in [-0.25, -0.2) is 9.36 Å². The number of nitrogens with zero attached hydrogens (tertiary/aromatic N) is 3. The van der Waals surface area contributed by atoms with Crippen LogP contribution in [-0.2, 0) is 16.1 Å². The summed E-state index contributed by atoms with van der Waals surface area (Å²) in [5.74, 6) is 0.00563. The van der Waals surface area contributed by atoms with Gasteiger partial charge in [0.2, 0.25) is 5.91 Å². The Bertz CT molecular complexity index is 800. The molecule has 2 heterocycles.